The lowest BCUT2D eigenvalue weighted by Gasteiger charge is -1.93. The standard InChI is InChI=1S/C9H5ClN2O2S/c10-6-3-1-5(2-4-6)8-11-7(9(13)14)12-15-8/h1-4H,(H,13,14). The molecule has 15 heavy (non-hydrogen) atoms. The van der Waals surface area contributed by atoms with Crippen LogP contribution in [-0.4, -0.2) is 20.4 Å². The lowest BCUT2D eigenvalue weighted by Crippen LogP contribution is -1.98. The van der Waals surface area contributed by atoms with Crippen LogP contribution in [0.15, 0.2) is 24.3 Å². The molecule has 0 aliphatic heterocycles. The number of carboxylic acids is 1. The van der Waals surface area contributed by atoms with Gasteiger partial charge in [0.1, 0.15) is 5.01 Å². The fourth-order valence-electron chi connectivity index (χ4n) is 1.02. The number of nitrogens with zero attached hydrogens (tertiary/aromatic N) is 2. The molecule has 2 aromatic rings. The van der Waals surface area contributed by atoms with Crippen LogP contribution in [0.1, 0.15) is 10.6 Å². The van der Waals surface area contributed by atoms with Crippen LogP contribution in [0.2, 0.25) is 5.02 Å². The van der Waals surface area contributed by atoms with Crippen LogP contribution in [0.25, 0.3) is 10.6 Å². The average Bonchev–Trinajstić information content (AvgIpc) is 2.68. The molecule has 0 fully saturated rings. The van der Waals surface area contributed by atoms with Gasteiger partial charge in [-0.1, -0.05) is 23.7 Å². The van der Waals surface area contributed by atoms with E-state index in [1.807, 2.05) is 0 Å². The average molecular weight is 241 g/mol. The first kappa shape index (κ1) is 10.1. The van der Waals surface area contributed by atoms with Gasteiger partial charge in [-0.3, -0.25) is 0 Å². The van der Waals surface area contributed by atoms with Crippen LogP contribution < -0.4 is 0 Å². The summed E-state index contributed by atoms with van der Waals surface area (Å²) in [6.45, 7) is 0. The highest BCUT2D eigenvalue weighted by Gasteiger charge is 2.11. The number of carbonyl (C=O) groups is 1. The van der Waals surface area contributed by atoms with Gasteiger partial charge < -0.3 is 5.11 Å². The van der Waals surface area contributed by atoms with Crippen molar-refractivity contribution in [1.82, 2.24) is 9.36 Å². The molecule has 6 heteroatoms. The molecular formula is C9H5ClN2O2S. The van der Waals surface area contributed by atoms with Crippen molar-refractivity contribution in [2.45, 2.75) is 0 Å². The summed E-state index contributed by atoms with van der Waals surface area (Å²) in [6, 6.07) is 6.99. The van der Waals surface area contributed by atoms with Crippen LogP contribution in [0.5, 0.6) is 0 Å². The molecule has 1 heterocycles. The normalized spacial score (nSPS) is 10.2. The molecule has 1 N–H and O–H groups in total. The van der Waals surface area contributed by atoms with Gasteiger partial charge in [0.15, 0.2) is 0 Å². The van der Waals surface area contributed by atoms with Gasteiger partial charge in [0.05, 0.1) is 0 Å². The van der Waals surface area contributed by atoms with Gasteiger partial charge in [-0.15, -0.1) is 0 Å². The summed E-state index contributed by atoms with van der Waals surface area (Å²) in [5.41, 5.74) is 0.810. The lowest BCUT2D eigenvalue weighted by molar-refractivity contribution is 0.0685. The quantitative estimate of drug-likeness (QED) is 0.876. The molecule has 0 saturated heterocycles. The number of halogens is 1. The molecule has 0 amide bonds. The molecule has 0 spiro atoms. The van der Waals surface area contributed by atoms with Gasteiger partial charge in [-0.25, -0.2) is 9.78 Å². The third-order valence-corrected chi connectivity index (χ3v) is 2.72. The summed E-state index contributed by atoms with van der Waals surface area (Å²) in [4.78, 5) is 14.4. The van der Waals surface area contributed by atoms with Gasteiger partial charge >= 0.3 is 5.97 Å². The maximum Gasteiger partial charge on any atom is 0.375 e. The minimum Gasteiger partial charge on any atom is -0.475 e. The molecule has 0 saturated carbocycles. The molecule has 0 aliphatic rings. The van der Waals surface area contributed by atoms with Crippen molar-refractivity contribution in [3.63, 3.8) is 0 Å². The largest absolute Gasteiger partial charge is 0.475 e. The maximum absolute atomic E-state index is 10.6. The SMILES string of the molecule is O=C(O)c1nsc(-c2ccc(Cl)cc2)n1. The van der Waals surface area contributed by atoms with E-state index in [0.29, 0.717) is 10.0 Å². The molecule has 1 aromatic heterocycles. The van der Waals surface area contributed by atoms with Crippen LogP contribution in [0.4, 0.5) is 0 Å². The third kappa shape index (κ3) is 2.14. The first-order valence-corrected chi connectivity index (χ1v) is 5.15. The Hall–Kier alpha value is -1.46. The van der Waals surface area contributed by atoms with E-state index < -0.39 is 5.97 Å². The predicted octanol–water partition coefficient (Wildman–Crippen LogP) is 2.56. The van der Waals surface area contributed by atoms with Gasteiger partial charge in [0.2, 0.25) is 0 Å². The second kappa shape index (κ2) is 3.96. The van der Waals surface area contributed by atoms with E-state index in [-0.39, 0.29) is 5.82 Å². The van der Waals surface area contributed by atoms with Crippen LogP contribution in [-0.2, 0) is 0 Å². The summed E-state index contributed by atoms with van der Waals surface area (Å²) >= 11 is 6.78. The monoisotopic (exact) mass is 240 g/mol. The summed E-state index contributed by atoms with van der Waals surface area (Å²) in [5.74, 6) is -1.29. The predicted molar refractivity (Wildman–Crippen MR) is 57.3 cm³/mol. The molecule has 0 unspecified atom stereocenters. The van der Waals surface area contributed by atoms with Crippen molar-refractivity contribution >= 4 is 29.1 Å². The maximum atomic E-state index is 10.6. The molecule has 1 aromatic carbocycles. The van der Waals surface area contributed by atoms with Crippen LogP contribution >= 0.6 is 23.1 Å². The fraction of sp³-hybridized carbons (Fsp3) is 0. The summed E-state index contributed by atoms with van der Waals surface area (Å²) < 4.78 is 3.71. The number of rotatable bonds is 2. The highest BCUT2D eigenvalue weighted by atomic mass is 35.5. The van der Waals surface area contributed by atoms with E-state index in [4.69, 9.17) is 16.7 Å². The van der Waals surface area contributed by atoms with Crippen molar-refractivity contribution in [3.8, 4) is 10.6 Å². The Kier molecular flexibility index (Phi) is 2.66. The Morgan fingerprint density at radius 2 is 2.00 bits per heavy atom. The minimum absolute atomic E-state index is 0.176. The Morgan fingerprint density at radius 3 is 2.53 bits per heavy atom. The Balaban J connectivity index is 2.37. The number of aromatic carboxylic acids is 1. The molecule has 0 bridgehead atoms. The van der Waals surface area contributed by atoms with E-state index in [0.717, 1.165) is 17.1 Å². The topological polar surface area (TPSA) is 63.1 Å². The highest BCUT2D eigenvalue weighted by molar-refractivity contribution is 7.09. The summed E-state index contributed by atoms with van der Waals surface area (Å²) in [5, 5.41) is 9.85. The highest BCUT2D eigenvalue weighted by Crippen LogP contribution is 2.22. The smallest absolute Gasteiger partial charge is 0.375 e. The van der Waals surface area contributed by atoms with E-state index in [2.05, 4.69) is 9.36 Å². The summed E-state index contributed by atoms with van der Waals surface area (Å²) in [6.07, 6.45) is 0. The summed E-state index contributed by atoms with van der Waals surface area (Å²) in [7, 11) is 0. The first-order chi connectivity index (χ1) is 7.16. The lowest BCUT2D eigenvalue weighted by atomic mass is 10.2. The van der Waals surface area contributed by atoms with Gasteiger partial charge in [0.25, 0.3) is 5.82 Å². The third-order valence-electron chi connectivity index (χ3n) is 1.71. The second-order valence-corrected chi connectivity index (χ2v) is 3.92. The van der Waals surface area contributed by atoms with E-state index in [9.17, 15) is 4.79 Å². The van der Waals surface area contributed by atoms with Crippen molar-refractivity contribution in [2.24, 2.45) is 0 Å². The van der Waals surface area contributed by atoms with E-state index in [1.54, 1.807) is 24.3 Å². The zero-order chi connectivity index (χ0) is 10.8. The number of aromatic nitrogens is 2. The minimum atomic E-state index is -1.12. The molecule has 4 nitrogen and oxygen atoms in total. The molecule has 0 aliphatic carbocycles. The van der Waals surface area contributed by atoms with Crippen molar-refractivity contribution < 1.29 is 9.90 Å². The Morgan fingerprint density at radius 1 is 1.33 bits per heavy atom. The molecule has 76 valence electrons. The van der Waals surface area contributed by atoms with Crippen LogP contribution in [0.3, 0.4) is 0 Å². The van der Waals surface area contributed by atoms with Crippen LogP contribution in [0, 0.1) is 0 Å². The van der Waals surface area contributed by atoms with E-state index in [1.165, 1.54) is 0 Å². The Labute approximate surface area is 94.3 Å². The number of hydrogen-bond acceptors (Lipinski definition) is 4. The fourth-order valence-corrected chi connectivity index (χ4v) is 1.81. The van der Waals surface area contributed by atoms with E-state index >= 15 is 0 Å². The zero-order valence-electron chi connectivity index (χ0n) is 7.35. The van der Waals surface area contributed by atoms with Gasteiger partial charge in [-0.2, -0.15) is 4.37 Å². The molecule has 0 radical (unpaired) electrons. The van der Waals surface area contributed by atoms with Crippen molar-refractivity contribution in [2.75, 3.05) is 0 Å². The van der Waals surface area contributed by atoms with Crippen molar-refractivity contribution in [3.05, 3.63) is 35.1 Å². The first-order valence-electron chi connectivity index (χ1n) is 4.00. The number of carboxylic acid groups (broad SMARTS) is 1. The Bertz CT molecular complexity index is 495. The van der Waals surface area contributed by atoms with Gasteiger partial charge in [0, 0.05) is 10.6 Å². The van der Waals surface area contributed by atoms with Gasteiger partial charge in [-0.05, 0) is 23.7 Å². The molecule has 0 atom stereocenters. The van der Waals surface area contributed by atoms with Crippen molar-refractivity contribution in [1.29, 1.82) is 0 Å². The molecule has 2 rings (SSSR count). The second-order valence-electron chi connectivity index (χ2n) is 2.74. The number of benzene rings is 1. The zero-order valence-corrected chi connectivity index (χ0v) is 8.92. The number of hydrogen-bond donors (Lipinski definition) is 1. The molecular weight excluding hydrogens is 236 g/mol.